The predicted octanol–water partition coefficient (Wildman–Crippen LogP) is -0.189. The summed E-state index contributed by atoms with van der Waals surface area (Å²) in [6.45, 7) is 11.8. The number of carboxylic acid groups (broad SMARTS) is 4. The van der Waals surface area contributed by atoms with Gasteiger partial charge in [-0.2, -0.15) is 0 Å². The molecule has 25 heteroatoms. The fraction of sp³-hybridized carbons (Fsp3) is 0.547. The van der Waals surface area contributed by atoms with E-state index < -0.39 is 151 Å². The fourth-order valence-electron chi connectivity index (χ4n) is 8.50. The van der Waals surface area contributed by atoms with Gasteiger partial charge in [-0.25, -0.2) is 4.79 Å². The molecule has 0 radical (unpaired) electrons. The maximum atomic E-state index is 14.7. The number of benzene rings is 2. The van der Waals surface area contributed by atoms with E-state index in [1.165, 1.54) is 4.90 Å². The van der Waals surface area contributed by atoms with Gasteiger partial charge in [0.25, 0.3) is 0 Å². The van der Waals surface area contributed by atoms with Gasteiger partial charge in [-0.3, -0.25) is 52.7 Å². The summed E-state index contributed by atoms with van der Waals surface area (Å²) in [7, 11) is 0. The lowest BCUT2D eigenvalue weighted by Gasteiger charge is -2.31. The molecule has 9 atom stereocenters. The number of aliphatic carboxylic acids is 4. The molecule has 1 fully saturated rings. The van der Waals surface area contributed by atoms with Gasteiger partial charge in [0.2, 0.25) is 47.3 Å². The van der Waals surface area contributed by atoms with Crippen molar-refractivity contribution in [1.82, 2.24) is 42.1 Å². The van der Waals surface area contributed by atoms with Crippen molar-refractivity contribution >= 4 is 71.1 Å². The van der Waals surface area contributed by atoms with Crippen molar-refractivity contribution < 1.29 is 78.0 Å². The highest BCUT2D eigenvalue weighted by Gasteiger charge is 2.41. The quantitative estimate of drug-likeness (QED) is 0.0466. The molecule has 1 saturated heterocycles. The third-order valence-corrected chi connectivity index (χ3v) is 13.0. The minimum absolute atomic E-state index is 0.00414. The number of rotatable bonds is 31. The van der Waals surface area contributed by atoms with Gasteiger partial charge < -0.3 is 68.3 Å². The third-order valence-electron chi connectivity index (χ3n) is 13.0. The first-order valence-corrected chi connectivity index (χ1v) is 25.7. The molecule has 0 spiro atoms. The van der Waals surface area contributed by atoms with Crippen LogP contribution in [-0.4, -0.2) is 157 Å². The molecule has 0 aromatic heterocycles. The monoisotopic (exact) mass is 1090 g/mol. The van der Waals surface area contributed by atoms with Crippen LogP contribution in [-0.2, 0) is 70.4 Å². The summed E-state index contributed by atoms with van der Waals surface area (Å²) in [4.78, 5) is 158. The van der Waals surface area contributed by atoms with Gasteiger partial charge in [-0.1, -0.05) is 76.2 Å². The Hall–Kier alpha value is -7.96. The fourth-order valence-corrected chi connectivity index (χ4v) is 8.50. The molecule has 25 nitrogen and oxygen atoms in total. The van der Waals surface area contributed by atoms with Crippen LogP contribution in [0.1, 0.15) is 108 Å². The summed E-state index contributed by atoms with van der Waals surface area (Å²) in [6.07, 6.45) is -2.54. The summed E-state index contributed by atoms with van der Waals surface area (Å²) in [5.41, 5.74) is 8.90. The van der Waals surface area contributed by atoms with Crippen molar-refractivity contribution in [2.24, 2.45) is 17.6 Å². The largest absolute Gasteiger partial charge is 0.481 e. The lowest BCUT2D eigenvalue weighted by atomic mass is 9.97. The standard InChI is InChI=1S/C53H75N9O16/c1-27(2)22-36(58-51(75)44(28(3)4)61-46(70)34(54)17-19-41(63)64)49(73)59-38(25-33-16-15-29(5)30(6)23-33)52(76)62-21-11-14-40(62)50(74)57-37(26-43(67)68)48(72)55-31(7)45(69)56-35(18-20-42(65)66)47(71)60-39(53(77)78)24-32-12-9-8-10-13-32/h8-10,12-13,15-16,23,27-28,31,34-40,44H,11,14,17-22,24-26,54H2,1-7H3,(H,55,72)(H,56,69)(H,57,74)(H,58,75)(H,59,73)(H,60,71)(H,61,70)(H,63,64)(H,65,66)(H,67,68)(H,77,78)/t31-,34-,35-,36-,37-,38-,39-,40+,44-/m0/s1. The van der Waals surface area contributed by atoms with Crippen LogP contribution in [0.25, 0.3) is 0 Å². The zero-order valence-corrected chi connectivity index (χ0v) is 45.0. The van der Waals surface area contributed by atoms with Crippen molar-refractivity contribution in [3.8, 4) is 0 Å². The van der Waals surface area contributed by atoms with E-state index in [0.29, 0.717) is 11.1 Å². The van der Waals surface area contributed by atoms with Crippen molar-refractivity contribution in [2.75, 3.05) is 6.54 Å². The molecule has 78 heavy (non-hydrogen) atoms. The number of carbonyl (C=O) groups excluding carboxylic acids is 8. The van der Waals surface area contributed by atoms with Crippen LogP contribution in [0.15, 0.2) is 48.5 Å². The highest BCUT2D eigenvalue weighted by atomic mass is 16.4. The zero-order chi connectivity index (χ0) is 58.6. The van der Waals surface area contributed by atoms with Crippen molar-refractivity contribution in [3.05, 3.63) is 70.8 Å². The van der Waals surface area contributed by atoms with E-state index in [1.807, 2.05) is 26.0 Å². The Bertz CT molecular complexity index is 2510. The van der Waals surface area contributed by atoms with Gasteiger partial charge >= 0.3 is 23.9 Å². The second-order valence-corrected chi connectivity index (χ2v) is 20.3. The maximum Gasteiger partial charge on any atom is 0.326 e. The number of aryl methyl sites for hydroxylation is 2. The molecule has 0 aliphatic carbocycles. The summed E-state index contributed by atoms with van der Waals surface area (Å²) < 4.78 is 0. The molecule has 1 heterocycles. The van der Waals surface area contributed by atoms with Gasteiger partial charge in [0.15, 0.2) is 0 Å². The average molecular weight is 1090 g/mol. The van der Waals surface area contributed by atoms with E-state index in [2.05, 4.69) is 37.2 Å². The number of likely N-dealkylation sites (tertiary alicyclic amines) is 1. The molecular formula is C53H75N9O16. The lowest BCUT2D eigenvalue weighted by Crippen LogP contribution is -2.61. The topological polar surface area (TPSA) is 399 Å². The minimum Gasteiger partial charge on any atom is -0.481 e. The Labute approximate surface area is 452 Å². The van der Waals surface area contributed by atoms with Gasteiger partial charge in [0.1, 0.15) is 48.3 Å². The molecule has 2 aromatic rings. The minimum atomic E-state index is -1.84. The molecule has 3 rings (SSSR count). The van der Waals surface area contributed by atoms with Crippen LogP contribution in [0, 0.1) is 25.7 Å². The van der Waals surface area contributed by atoms with Gasteiger partial charge in [0.05, 0.1) is 12.5 Å². The highest BCUT2D eigenvalue weighted by Crippen LogP contribution is 2.22. The molecular weight excluding hydrogens is 1020 g/mol. The Morgan fingerprint density at radius 3 is 1.72 bits per heavy atom. The third kappa shape index (κ3) is 20.9. The van der Waals surface area contributed by atoms with Gasteiger partial charge in [0, 0.05) is 32.2 Å². The normalized spacial score (nSPS) is 16.2. The van der Waals surface area contributed by atoms with Crippen LogP contribution in [0.4, 0.5) is 0 Å². The first-order valence-electron chi connectivity index (χ1n) is 25.7. The predicted molar refractivity (Wildman–Crippen MR) is 280 cm³/mol. The first-order chi connectivity index (χ1) is 36.6. The first kappa shape index (κ1) is 64.3. The number of nitrogens with two attached hydrogens (primary N) is 1. The summed E-state index contributed by atoms with van der Waals surface area (Å²) in [5, 5.41) is 55.3. The lowest BCUT2D eigenvalue weighted by molar-refractivity contribution is -0.144. The van der Waals surface area contributed by atoms with Crippen LogP contribution in [0.3, 0.4) is 0 Å². The van der Waals surface area contributed by atoms with E-state index in [9.17, 15) is 72.9 Å². The molecule has 1 aliphatic rings. The average Bonchev–Trinajstić information content (AvgIpc) is 3.87. The number of nitrogens with one attached hydrogen (secondary N) is 7. The molecule has 428 valence electrons. The van der Waals surface area contributed by atoms with Crippen LogP contribution in [0.2, 0.25) is 0 Å². The highest BCUT2D eigenvalue weighted by molar-refractivity contribution is 5.99. The Kier molecular flexibility index (Phi) is 25.3. The van der Waals surface area contributed by atoms with E-state index >= 15 is 0 Å². The molecule has 1 aliphatic heterocycles. The number of carboxylic acids is 4. The van der Waals surface area contributed by atoms with Crippen molar-refractivity contribution in [3.63, 3.8) is 0 Å². The summed E-state index contributed by atoms with van der Waals surface area (Å²) in [6, 6.07) is 0.889. The van der Waals surface area contributed by atoms with Crippen molar-refractivity contribution in [2.45, 2.75) is 167 Å². The van der Waals surface area contributed by atoms with Gasteiger partial charge in [-0.05, 0) is 87.0 Å². The van der Waals surface area contributed by atoms with Crippen LogP contribution < -0.4 is 43.0 Å². The van der Waals surface area contributed by atoms with Crippen LogP contribution >= 0.6 is 0 Å². The number of carbonyl (C=O) groups is 12. The number of nitrogens with zero attached hydrogens (tertiary/aromatic N) is 1. The summed E-state index contributed by atoms with van der Waals surface area (Å²) >= 11 is 0. The second kappa shape index (κ2) is 30.7. The second-order valence-electron chi connectivity index (χ2n) is 20.3. The zero-order valence-electron chi connectivity index (χ0n) is 45.0. The number of hydrogen-bond donors (Lipinski definition) is 12. The molecule has 0 bridgehead atoms. The Balaban J connectivity index is 1.85. The number of amides is 8. The van der Waals surface area contributed by atoms with Gasteiger partial charge in [-0.15, -0.1) is 0 Å². The van der Waals surface area contributed by atoms with E-state index in [4.69, 9.17) is 10.8 Å². The van der Waals surface area contributed by atoms with Crippen molar-refractivity contribution in [1.29, 1.82) is 0 Å². The molecule has 13 N–H and O–H groups in total. The Morgan fingerprint density at radius 1 is 0.577 bits per heavy atom. The summed E-state index contributed by atoms with van der Waals surface area (Å²) in [5.74, 6) is -13.4. The van der Waals surface area contributed by atoms with E-state index in [-0.39, 0.29) is 57.4 Å². The SMILES string of the molecule is Cc1ccc(C[C@H](NC(=O)[C@H](CC(C)C)NC(=O)[C@@H](NC(=O)[C@@H](N)CCC(=O)O)C(C)C)C(=O)N2CCC[C@@H]2C(=O)N[C@@H](CC(=O)O)C(=O)N[C@@H](C)C(=O)N[C@@H](CCC(=O)O)C(=O)N[C@@H](Cc2ccccc2)C(=O)O)cc1C. The smallest absolute Gasteiger partial charge is 0.326 e. The molecule has 0 unspecified atom stereocenters. The number of hydrogen-bond acceptors (Lipinski definition) is 13. The van der Waals surface area contributed by atoms with E-state index in [0.717, 1.165) is 18.1 Å². The molecule has 2 aromatic carbocycles. The van der Waals surface area contributed by atoms with E-state index in [1.54, 1.807) is 64.1 Å². The maximum absolute atomic E-state index is 14.7. The Morgan fingerprint density at radius 2 is 1.14 bits per heavy atom. The molecule has 8 amide bonds. The molecule has 0 saturated carbocycles. The van der Waals surface area contributed by atoms with Crippen LogP contribution in [0.5, 0.6) is 0 Å².